The molecule has 0 saturated heterocycles. The van der Waals surface area contributed by atoms with Gasteiger partial charge in [-0.05, 0) is 28.1 Å². The molecule has 6 heteroatoms. The molecule has 1 aromatic heterocycles. The van der Waals surface area contributed by atoms with Gasteiger partial charge in [0.2, 0.25) is 0 Å². The Balaban J connectivity index is 2.68. The van der Waals surface area contributed by atoms with Gasteiger partial charge in [0.25, 0.3) is 0 Å². The van der Waals surface area contributed by atoms with Crippen molar-refractivity contribution in [2.45, 2.75) is 0 Å². The minimum Gasteiger partial charge on any atom is -0.384 e. The zero-order valence-corrected chi connectivity index (χ0v) is 10.7. The highest BCUT2D eigenvalue weighted by molar-refractivity contribution is 9.10. The molecule has 3 nitrogen and oxygen atoms in total. The lowest BCUT2D eigenvalue weighted by Crippen LogP contribution is -1.96. The predicted molar refractivity (Wildman–Crippen MR) is 65.7 cm³/mol. The monoisotopic (exact) mass is 303 g/mol. The smallest absolute Gasteiger partial charge is 0.134 e. The van der Waals surface area contributed by atoms with Gasteiger partial charge in [0, 0.05) is 17.6 Å². The molecule has 0 unspecified atom stereocenters. The molecular weight excluding hydrogens is 296 g/mol. The van der Waals surface area contributed by atoms with Gasteiger partial charge in [0.1, 0.15) is 11.6 Å². The normalized spacial score (nSPS) is 10.8. The van der Waals surface area contributed by atoms with Crippen LogP contribution in [-0.2, 0) is 7.05 Å². The summed E-state index contributed by atoms with van der Waals surface area (Å²) in [6.07, 6.45) is 0. The topological polar surface area (TPSA) is 43.8 Å². The van der Waals surface area contributed by atoms with E-state index >= 15 is 0 Å². The lowest BCUT2D eigenvalue weighted by Gasteiger charge is -2.04. The molecule has 16 heavy (non-hydrogen) atoms. The SMILES string of the molecule is Cn1nc(-c2c(F)ccc(Br)c2Cl)cc1N. The van der Waals surface area contributed by atoms with Crippen molar-refractivity contribution >= 4 is 33.3 Å². The Labute approximate surface area is 105 Å². The molecule has 0 fully saturated rings. The standard InChI is InChI=1S/C10H8BrClFN3/c1-16-8(14)4-7(15-16)9-6(13)3-2-5(11)10(9)12/h2-4H,14H2,1H3. The van der Waals surface area contributed by atoms with Crippen molar-refractivity contribution in [1.29, 1.82) is 0 Å². The molecule has 2 N–H and O–H groups in total. The molecule has 0 bridgehead atoms. The molecule has 0 spiro atoms. The number of nitrogens with zero attached hydrogens (tertiary/aromatic N) is 2. The van der Waals surface area contributed by atoms with E-state index in [-0.39, 0.29) is 10.6 Å². The number of hydrogen-bond acceptors (Lipinski definition) is 2. The van der Waals surface area contributed by atoms with Crippen LogP contribution in [0.2, 0.25) is 5.02 Å². The van der Waals surface area contributed by atoms with Crippen molar-refractivity contribution < 1.29 is 4.39 Å². The molecule has 0 aliphatic carbocycles. The molecule has 84 valence electrons. The maximum absolute atomic E-state index is 13.7. The molecule has 0 aliphatic rings. The number of hydrogen-bond donors (Lipinski definition) is 1. The minimum atomic E-state index is -0.425. The van der Waals surface area contributed by atoms with Crippen LogP contribution in [-0.4, -0.2) is 9.78 Å². The highest BCUT2D eigenvalue weighted by Crippen LogP contribution is 2.35. The number of aryl methyl sites for hydroxylation is 1. The first-order valence-electron chi connectivity index (χ1n) is 4.44. The van der Waals surface area contributed by atoms with Gasteiger partial charge < -0.3 is 5.73 Å². The van der Waals surface area contributed by atoms with E-state index in [0.717, 1.165) is 0 Å². The molecule has 1 aromatic carbocycles. The summed E-state index contributed by atoms with van der Waals surface area (Å²) in [6.45, 7) is 0. The second kappa shape index (κ2) is 4.07. The number of rotatable bonds is 1. The number of nitrogen functional groups attached to an aromatic ring is 1. The van der Waals surface area contributed by atoms with E-state index < -0.39 is 5.82 Å². The number of anilines is 1. The lowest BCUT2D eigenvalue weighted by atomic mass is 10.1. The molecule has 0 radical (unpaired) electrons. The van der Waals surface area contributed by atoms with Gasteiger partial charge in [-0.15, -0.1) is 0 Å². The second-order valence-corrected chi connectivity index (χ2v) is 4.53. The van der Waals surface area contributed by atoms with E-state index in [1.807, 2.05) is 0 Å². The first-order valence-corrected chi connectivity index (χ1v) is 5.61. The summed E-state index contributed by atoms with van der Waals surface area (Å²) in [5.41, 5.74) is 6.31. The van der Waals surface area contributed by atoms with Crippen LogP contribution in [0.1, 0.15) is 0 Å². The van der Waals surface area contributed by atoms with Crippen LogP contribution in [0, 0.1) is 5.82 Å². The van der Waals surface area contributed by atoms with E-state index in [2.05, 4.69) is 21.0 Å². The van der Waals surface area contributed by atoms with Gasteiger partial charge in [0.05, 0.1) is 16.3 Å². The zero-order valence-electron chi connectivity index (χ0n) is 8.34. The summed E-state index contributed by atoms with van der Waals surface area (Å²) in [5.74, 6) is 0.0248. The van der Waals surface area contributed by atoms with E-state index in [9.17, 15) is 4.39 Å². The van der Waals surface area contributed by atoms with Gasteiger partial charge in [0.15, 0.2) is 0 Å². The van der Waals surface area contributed by atoms with Crippen LogP contribution in [0.25, 0.3) is 11.3 Å². The molecule has 2 rings (SSSR count). The molecule has 0 atom stereocenters. The maximum atomic E-state index is 13.7. The Kier molecular flexibility index (Phi) is 2.90. The molecule has 0 amide bonds. The van der Waals surface area contributed by atoms with E-state index in [1.165, 1.54) is 10.7 Å². The maximum Gasteiger partial charge on any atom is 0.134 e. The van der Waals surface area contributed by atoms with E-state index in [0.29, 0.717) is 16.0 Å². The Hall–Kier alpha value is -1.07. The van der Waals surface area contributed by atoms with Crippen molar-refractivity contribution in [2.75, 3.05) is 5.73 Å². The highest BCUT2D eigenvalue weighted by Gasteiger charge is 2.16. The molecule has 0 aliphatic heterocycles. The van der Waals surface area contributed by atoms with Gasteiger partial charge >= 0.3 is 0 Å². The Bertz CT molecular complexity index is 534. The Morgan fingerprint density at radius 3 is 2.75 bits per heavy atom. The van der Waals surface area contributed by atoms with Crippen LogP contribution >= 0.6 is 27.5 Å². The number of nitrogens with two attached hydrogens (primary N) is 1. The van der Waals surface area contributed by atoms with Crippen molar-refractivity contribution in [2.24, 2.45) is 7.05 Å². The lowest BCUT2D eigenvalue weighted by molar-refractivity contribution is 0.629. The number of aromatic nitrogens is 2. The van der Waals surface area contributed by atoms with Crippen molar-refractivity contribution in [1.82, 2.24) is 9.78 Å². The van der Waals surface area contributed by atoms with Gasteiger partial charge in [-0.25, -0.2) is 4.39 Å². The second-order valence-electron chi connectivity index (χ2n) is 3.30. The zero-order chi connectivity index (χ0) is 11.9. The van der Waals surface area contributed by atoms with Crippen molar-refractivity contribution in [3.63, 3.8) is 0 Å². The fraction of sp³-hybridized carbons (Fsp3) is 0.100. The average Bonchev–Trinajstić information content (AvgIpc) is 2.54. The van der Waals surface area contributed by atoms with Gasteiger partial charge in [-0.2, -0.15) is 5.10 Å². The summed E-state index contributed by atoms with van der Waals surface area (Å²) >= 11 is 9.26. The Morgan fingerprint density at radius 2 is 2.19 bits per heavy atom. The quantitative estimate of drug-likeness (QED) is 0.822. The first-order chi connectivity index (χ1) is 7.50. The molecular formula is C10H8BrClFN3. The summed E-state index contributed by atoms with van der Waals surface area (Å²) in [7, 11) is 1.68. The third-order valence-electron chi connectivity index (χ3n) is 2.22. The summed E-state index contributed by atoms with van der Waals surface area (Å²) in [5, 5.41) is 4.38. The molecule has 2 aromatic rings. The van der Waals surface area contributed by atoms with Gasteiger partial charge in [-0.3, -0.25) is 4.68 Å². The van der Waals surface area contributed by atoms with Crippen LogP contribution in [0.15, 0.2) is 22.7 Å². The Morgan fingerprint density at radius 1 is 1.50 bits per heavy atom. The van der Waals surface area contributed by atoms with Crippen molar-refractivity contribution in [3.8, 4) is 11.3 Å². The number of halogens is 3. The van der Waals surface area contributed by atoms with Crippen LogP contribution in [0.4, 0.5) is 10.2 Å². The van der Waals surface area contributed by atoms with Crippen LogP contribution < -0.4 is 5.73 Å². The van der Waals surface area contributed by atoms with E-state index in [1.54, 1.807) is 19.2 Å². The fourth-order valence-corrected chi connectivity index (χ4v) is 1.95. The van der Waals surface area contributed by atoms with Crippen LogP contribution in [0.3, 0.4) is 0 Å². The van der Waals surface area contributed by atoms with E-state index in [4.69, 9.17) is 17.3 Å². The first kappa shape index (κ1) is 11.4. The highest BCUT2D eigenvalue weighted by atomic mass is 79.9. The van der Waals surface area contributed by atoms with Crippen LogP contribution in [0.5, 0.6) is 0 Å². The summed E-state index contributed by atoms with van der Waals surface area (Å²) in [6, 6.07) is 4.46. The van der Waals surface area contributed by atoms with Crippen molar-refractivity contribution in [3.05, 3.63) is 33.5 Å². The largest absolute Gasteiger partial charge is 0.384 e. The molecule has 0 saturated carbocycles. The predicted octanol–water partition coefficient (Wildman–Crippen LogP) is 3.22. The molecule has 1 heterocycles. The fourth-order valence-electron chi connectivity index (χ4n) is 1.37. The third kappa shape index (κ3) is 1.81. The third-order valence-corrected chi connectivity index (χ3v) is 3.50. The minimum absolute atomic E-state index is 0.253. The summed E-state index contributed by atoms with van der Waals surface area (Å²) < 4.78 is 15.7. The number of benzene rings is 1. The van der Waals surface area contributed by atoms with Gasteiger partial charge in [-0.1, -0.05) is 11.6 Å². The average molecular weight is 305 g/mol. The summed E-state index contributed by atoms with van der Waals surface area (Å²) in [4.78, 5) is 0.